The summed E-state index contributed by atoms with van der Waals surface area (Å²) in [6.07, 6.45) is 0.0494. The molecule has 1 aromatic heterocycles. The third-order valence-corrected chi connectivity index (χ3v) is 4.87. The van der Waals surface area contributed by atoms with Crippen molar-refractivity contribution >= 4 is 23.2 Å². The Hall–Kier alpha value is -1.44. The van der Waals surface area contributed by atoms with Crippen LogP contribution in [0.25, 0.3) is 0 Å². The lowest BCUT2D eigenvalue weighted by molar-refractivity contribution is -0.134. The molecule has 6 nitrogen and oxygen atoms in total. The van der Waals surface area contributed by atoms with Gasteiger partial charge in [0.15, 0.2) is 0 Å². The third-order valence-electron chi connectivity index (χ3n) is 4.02. The van der Waals surface area contributed by atoms with Gasteiger partial charge >= 0.3 is 0 Å². The molecule has 0 radical (unpaired) electrons. The first-order chi connectivity index (χ1) is 10.1. The molecule has 7 heteroatoms. The maximum atomic E-state index is 12.3. The van der Waals surface area contributed by atoms with Gasteiger partial charge in [0, 0.05) is 32.7 Å². The van der Waals surface area contributed by atoms with Gasteiger partial charge < -0.3 is 20.2 Å². The van der Waals surface area contributed by atoms with E-state index in [1.54, 1.807) is 9.80 Å². The van der Waals surface area contributed by atoms with Gasteiger partial charge in [0.25, 0.3) is 5.91 Å². The Morgan fingerprint density at radius 1 is 1.24 bits per heavy atom. The number of aliphatic hydroxyl groups excluding tert-OH is 1. The molecular formula is C14H19N3O3S. The number of rotatable bonds is 2. The van der Waals surface area contributed by atoms with Gasteiger partial charge in [-0.2, -0.15) is 0 Å². The number of nitrogens with one attached hydrogen (secondary N) is 1. The van der Waals surface area contributed by atoms with E-state index in [4.69, 9.17) is 0 Å². The maximum absolute atomic E-state index is 12.3. The van der Waals surface area contributed by atoms with Crippen molar-refractivity contribution in [1.82, 2.24) is 15.1 Å². The van der Waals surface area contributed by atoms with E-state index < -0.39 is 6.10 Å². The number of piperazine rings is 1. The zero-order valence-corrected chi connectivity index (χ0v) is 12.5. The number of nitrogens with zero attached hydrogens (tertiary/aromatic N) is 2. The molecule has 2 atom stereocenters. The van der Waals surface area contributed by atoms with Crippen molar-refractivity contribution in [2.75, 3.05) is 32.7 Å². The van der Waals surface area contributed by atoms with Gasteiger partial charge in [0.2, 0.25) is 5.91 Å². The second-order valence-electron chi connectivity index (χ2n) is 5.45. The molecule has 2 N–H and O–H groups in total. The molecule has 0 aliphatic carbocycles. The van der Waals surface area contributed by atoms with Crippen LogP contribution in [0, 0.1) is 0 Å². The molecular weight excluding hydrogens is 290 g/mol. The topological polar surface area (TPSA) is 72.9 Å². The SMILES string of the molecule is O=C(c1cccs1)N1CCN(C(=O)C2CC(O)CN2)CC1. The Morgan fingerprint density at radius 3 is 2.52 bits per heavy atom. The Morgan fingerprint density at radius 2 is 1.95 bits per heavy atom. The second kappa shape index (κ2) is 6.13. The first-order valence-electron chi connectivity index (χ1n) is 7.18. The Bertz CT molecular complexity index is 512. The van der Waals surface area contributed by atoms with Gasteiger partial charge in [-0.25, -0.2) is 0 Å². The van der Waals surface area contributed by atoms with Crippen LogP contribution in [0.1, 0.15) is 16.1 Å². The van der Waals surface area contributed by atoms with Crippen LogP contribution in [-0.4, -0.2) is 71.6 Å². The first-order valence-corrected chi connectivity index (χ1v) is 8.06. The fourth-order valence-corrected chi connectivity index (χ4v) is 3.50. The third kappa shape index (κ3) is 3.09. The predicted octanol–water partition coefficient (Wildman–Crippen LogP) is -0.245. The highest BCUT2D eigenvalue weighted by Gasteiger charge is 2.33. The van der Waals surface area contributed by atoms with Crippen LogP contribution in [0.15, 0.2) is 17.5 Å². The zero-order chi connectivity index (χ0) is 14.8. The number of hydrogen-bond acceptors (Lipinski definition) is 5. The van der Waals surface area contributed by atoms with Gasteiger partial charge in [0.1, 0.15) is 0 Å². The number of hydrogen-bond donors (Lipinski definition) is 2. The van der Waals surface area contributed by atoms with Crippen molar-refractivity contribution in [1.29, 1.82) is 0 Å². The maximum Gasteiger partial charge on any atom is 0.264 e. The van der Waals surface area contributed by atoms with Gasteiger partial charge in [-0.3, -0.25) is 9.59 Å². The van der Waals surface area contributed by atoms with Crippen LogP contribution in [0.3, 0.4) is 0 Å². The number of amides is 2. The molecule has 0 saturated carbocycles. The molecule has 3 heterocycles. The van der Waals surface area contributed by atoms with Crippen molar-refractivity contribution in [3.05, 3.63) is 22.4 Å². The number of aliphatic hydroxyl groups is 1. The summed E-state index contributed by atoms with van der Waals surface area (Å²) in [5.41, 5.74) is 0. The number of β-amino-alcohol motifs (C(OH)–C–C–N with tert-alkyl or cyclic N) is 1. The van der Waals surface area contributed by atoms with Crippen LogP contribution in [0.2, 0.25) is 0 Å². The molecule has 2 amide bonds. The number of carbonyl (C=O) groups is 2. The minimum atomic E-state index is -0.430. The molecule has 21 heavy (non-hydrogen) atoms. The highest BCUT2D eigenvalue weighted by Crippen LogP contribution is 2.15. The van der Waals surface area contributed by atoms with Crippen molar-refractivity contribution in [2.24, 2.45) is 0 Å². The molecule has 0 bridgehead atoms. The monoisotopic (exact) mass is 309 g/mol. The van der Waals surface area contributed by atoms with Crippen LogP contribution >= 0.6 is 11.3 Å². The molecule has 2 aliphatic heterocycles. The van der Waals surface area contributed by atoms with Crippen molar-refractivity contribution in [3.63, 3.8) is 0 Å². The second-order valence-corrected chi connectivity index (χ2v) is 6.39. The summed E-state index contributed by atoms with van der Waals surface area (Å²) in [5.74, 6) is 0.0845. The molecule has 1 aromatic rings. The van der Waals surface area contributed by atoms with Crippen molar-refractivity contribution in [3.8, 4) is 0 Å². The zero-order valence-electron chi connectivity index (χ0n) is 11.7. The fraction of sp³-hybridized carbons (Fsp3) is 0.571. The molecule has 0 aromatic carbocycles. The minimum Gasteiger partial charge on any atom is -0.392 e. The molecule has 2 unspecified atom stereocenters. The summed E-state index contributed by atoms with van der Waals surface area (Å²) < 4.78 is 0. The molecule has 2 aliphatic rings. The van der Waals surface area contributed by atoms with E-state index in [1.165, 1.54) is 11.3 Å². The largest absolute Gasteiger partial charge is 0.392 e. The summed E-state index contributed by atoms with van der Waals surface area (Å²) in [6.45, 7) is 2.73. The van der Waals surface area contributed by atoms with E-state index >= 15 is 0 Å². The molecule has 0 spiro atoms. The molecule has 2 fully saturated rings. The Kier molecular flexibility index (Phi) is 4.23. The van der Waals surface area contributed by atoms with E-state index in [0.29, 0.717) is 39.1 Å². The van der Waals surface area contributed by atoms with E-state index in [0.717, 1.165) is 4.88 Å². The van der Waals surface area contributed by atoms with E-state index in [-0.39, 0.29) is 17.9 Å². The van der Waals surface area contributed by atoms with Crippen LogP contribution in [-0.2, 0) is 4.79 Å². The van der Waals surface area contributed by atoms with E-state index in [1.807, 2.05) is 17.5 Å². The van der Waals surface area contributed by atoms with E-state index in [2.05, 4.69) is 5.32 Å². The average Bonchev–Trinajstić information content (AvgIpc) is 3.17. The smallest absolute Gasteiger partial charge is 0.264 e. The summed E-state index contributed by atoms with van der Waals surface area (Å²) in [5, 5.41) is 14.4. The summed E-state index contributed by atoms with van der Waals surface area (Å²) >= 11 is 1.44. The quantitative estimate of drug-likeness (QED) is 0.790. The number of thiophene rings is 1. The molecule has 2 saturated heterocycles. The fourth-order valence-electron chi connectivity index (χ4n) is 2.81. The lowest BCUT2D eigenvalue weighted by Gasteiger charge is -2.35. The average molecular weight is 309 g/mol. The summed E-state index contributed by atoms with van der Waals surface area (Å²) in [4.78, 5) is 28.9. The van der Waals surface area contributed by atoms with Gasteiger partial charge in [0.05, 0.1) is 17.0 Å². The molecule has 114 valence electrons. The standard InChI is InChI=1S/C14H19N3O3S/c18-10-8-11(15-9-10)13(19)16-3-5-17(6-4-16)14(20)12-2-1-7-21-12/h1-2,7,10-11,15,18H,3-6,8-9H2. The molecule has 3 rings (SSSR count). The number of carbonyl (C=O) groups excluding carboxylic acids is 2. The van der Waals surface area contributed by atoms with Crippen LogP contribution in [0.5, 0.6) is 0 Å². The minimum absolute atomic E-state index is 0.0368. The van der Waals surface area contributed by atoms with Gasteiger partial charge in [-0.1, -0.05) is 6.07 Å². The lowest BCUT2D eigenvalue weighted by atomic mass is 10.1. The first kappa shape index (κ1) is 14.5. The Balaban J connectivity index is 1.53. The Labute approximate surface area is 127 Å². The van der Waals surface area contributed by atoms with Crippen LogP contribution in [0.4, 0.5) is 0 Å². The lowest BCUT2D eigenvalue weighted by Crippen LogP contribution is -2.54. The van der Waals surface area contributed by atoms with Gasteiger partial charge in [-0.15, -0.1) is 11.3 Å². The summed E-state index contributed by atoms with van der Waals surface area (Å²) in [7, 11) is 0. The van der Waals surface area contributed by atoms with Gasteiger partial charge in [-0.05, 0) is 17.9 Å². The van der Waals surface area contributed by atoms with E-state index in [9.17, 15) is 14.7 Å². The van der Waals surface area contributed by atoms with Crippen molar-refractivity contribution in [2.45, 2.75) is 18.6 Å². The highest BCUT2D eigenvalue weighted by atomic mass is 32.1. The van der Waals surface area contributed by atoms with Crippen molar-refractivity contribution < 1.29 is 14.7 Å². The summed E-state index contributed by atoms with van der Waals surface area (Å²) in [6, 6.07) is 3.42. The van der Waals surface area contributed by atoms with Crippen LogP contribution < -0.4 is 5.32 Å². The highest BCUT2D eigenvalue weighted by molar-refractivity contribution is 7.12. The predicted molar refractivity (Wildman–Crippen MR) is 79.2 cm³/mol. The normalized spacial score (nSPS) is 26.1.